The molecule has 10 atom stereocenters. The molecule has 0 bridgehead atoms. The maximum absolute atomic E-state index is 17.6. The van der Waals surface area contributed by atoms with E-state index in [0.717, 1.165) is 6.08 Å². The number of hydrogen-bond donors (Lipinski definition) is 3. The first kappa shape index (κ1) is 36.3. The zero-order valence-corrected chi connectivity index (χ0v) is 29.0. The molecule has 0 aromatic rings. The van der Waals surface area contributed by atoms with Gasteiger partial charge in [-0.2, -0.15) is 0 Å². The normalized spacial score (nSPS) is 40.5. The van der Waals surface area contributed by atoms with Crippen LogP contribution < -0.4 is 5.32 Å². The van der Waals surface area contributed by atoms with Crippen molar-refractivity contribution in [3.63, 3.8) is 0 Å². The average Bonchev–Trinajstić information content (AvgIpc) is 3.46. The fraction of sp³-hybridized carbons (Fsp3) is 0.758. The Balaban J connectivity index is 1.32. The lowest BCUT2D eigenvalue weighted by atomic mass is 9.44. The van der Waals surface area contributed by atoms with E-state index >= 15 is 8.78 Å². The number of rotatable bonds is 12. The molecule has 14 heteroatoms. The molecule has 0 radical (unpaired) electrons. The molecule has 262 valence electrons. The maximum atomic E-state index is 17.6. The van der Waals surface area contributed by atoms with E-state index in [0.29, 0.717) is 18.6 Å². The van der Waals surface area contributed by atoms with Crippen LogP contribution in [0.1, 0.15) is 73.1 Å². The van der Waals surface area contributed by atoms with Gasteiger partial charge in [-0.15, -0.1) is 0 Å². The molecule has 3 N–H and O–H groups in total. The molecule has 0 aromatic heterocycles. The molecule has 5 aliphatic rings. The van der Waals surface area contributed by atoms with Gasteiger partial charge in [0.2, 0.25) is 5.78 Å². The number of carboxylic acids is 1. The molecule has 4 aliphatic carbocycles. The summed E-state index contributed by atoms with van der Waals surface area (Å²) < 4.78 is 51.0. The van der Waals surface area contributed by atoms with Gasteiger partial charge in [0.1, 0.15) is 6.17 Å². The number of aliphatic carboxylic acids is 1. The summed E-state index contributed by atoms with van der Waals surface area (Å²) in [5.41, 5.74) is -6.70. The number of carbonyl (C=O) groups excluding carboxylic acids is 3. The van der Waals surface area contributed by atoms with E-state index in [9.17, 15) is 24.3 Å². The zero-order valence-electron chi connectivity index (χ0n) is 27.4. The van der Waals surface area contributed by atoms with Gasteiger partial charge in [0.15, 0.2) is 29.9 Å². The Hall–Kier alpha value is -2.00. The maximum Gasteiger partial charge on any atom is 0.407 e. The lowest BCUT2D eigenvalue weighted by Gasteiger charge is -2.63. The molecule has 3 unspecified atom stereocenters. The number of nitrogens with one attached hydrogen (secondary N) is 1. The lowest BCUT2D eigenvalue weighted by Crippen LogP contribution is -2.71. The van der Waals surface area contributed by atoms with Crippen LogP contribution in [0, 0.1) is 22.7 Å². The summed E-state index contributed by atoms with van der Waals surface area (Å²) in [5, 5.41) is 23.3. The van der Waals surface area contributed by atoms with Gasteiger partial charge >= 0.3 is 12.1 Å². The predicted molar refractivity (Wildman–Crippen MR) is 172 cm³/mol. The first-order valence-electron chi connectivity index (χ1n) is 16.2. The van der Waals surface area contributed by atoms with Gasteiger partial charge in [-0.25, -0.2) is 13.6 Å². The number of amides is 1. The quantitative estimate of drug-likeness (QED) is 0.184. The first-order chi connectivity index (χ1) is 21.9. The number of carbonyl (C=O) groups is 4. The van der Waals surface area contributed by atoms with Gasteiger partial charge in [0.25, 0.3) is 0 Å². The highest BCUT2D eigenvalue weighted by molar-refractivity contribution is 8.77. The van der Waals surface area contributed by atoms with Crippen molar-refractivity contribution >= 4 is 45.2 Å². The number of Topliss-reactive ketones (excluding diaryl/α,β-unsaturated/α-hetero) is 1. The fourth-order valence-electron chi connectivity index (χ4n) is 8.96. The summed E-state index contributed by atoms with van der Waals surface area (Å²) >= 11 is 0. The molecule has 1 heterocycles. The highest BCUT2D eigenvalue weighted by atomic mass is 33.1. The number of ether oxygens (including phenoxy) is 3. The Morgan fingerprint density at radius 3 is 2.62 bits per heavy atom. The van der Waals surface area contributed by atoms with Crippen LogP contribution in [0.4, 0.5) is 13.6 Å². The minimum absolute atomic E-state index is 0.0103. The van der Waals surface area contributed by atoms with E-state index in [2.05, 4.69) is 5.32 Å². The largest absolute Gasteiger partial charge is 0.481 e. The molecule has 1 amide bonds. The number of halogens is 2. The Labute approximate surface area is 281 Å². The molecule has 3 saturated carbocycles. The van der Waals surface area contributed by atoms with Crippen LogP contribution in [0.2, 0.25) is 0 Å². The number of hydrogen-bond acceptors (Lipinski definition) is 10. The molecule has 1 aliphatic heterocycles. The molecule has 47 heavy (non-hydrogen) atoms. The third-order valence-electron chi connectivity index (χ3n) is 11.0. The van der Waals surface area contributed by atoms with E-state index in [1.54, 1.807) is 6.92 Å². The molecule has 0 spiro atoms. The standard InChI is InChI=1S/C33H45F2NO9S2/c1-6-7-27-44-25-14-19-20-13-22(34)21-12-18(37)8-9-30(21,4)32(20,35)23(38)15-31(19,5)33(25,45-27)24(39)17-43-28(42)36-10-11-46-47-29(2,3)16-26(40)41/h8-9,12,19-20,22-23,25,27,38H,6-7,10-11,13-17H2,1-5H3,(H,36,42)(H,40,41)/t19?,20-,22-,23-,25?,27?,30-,31-,32-,33+/m0/s1. The smallest absolute Gasteiger partial charge is 0.407 e. The van der Waals surface area contributed by atoms with Gasteiger partial charge in [0, 0.05) is 33.8 Å². The van der Waals surface area contributed by atoms with Gasteiger partial charge < -0.3 is 29.7 Å². The van der Waals surface area contributed by atoms with Crippen molar-refractivity contribution in [3.05, 3.63) is 23.8 Å². The summed E-state index contributed by atoms with van der Waals surface area (Å²) in [5.74, 6) is -3.06. The van der Waals surface area contributed by atoms with Crippen molar-refractivity contribution < 1.29 is 52.4 Å². The second-order valence-corrected chi connectivity index (χ2v) is 17.6. The van der Waals surface area contributed by atoms with Crippen molar-refractivity contribution in [1.82, 2.24) is 5.32 Å². The van der Waals surface area contributed by atoms with E-state index in [1.165, 1.54) is 40.7 Å². The number of alkyl carbamates (subject to hydrolysis) is 1. The Bertz CT molecular complexity index is 1360. The molecule has 4 fully saturated rings. The van der Waals surface area contributed by atoms with Crippen LogP contribution in [-0.2, 0) is 28.6 Å². The third kappa shape index (κ3) is 5.97. The summed E-state index contributed by atoms with van der Waals surface area (Å²) in [6, 6.07) is 0. The minimum Gasteiger partial charge on any atom is -0.481 e. The van der Waals surface area contributed by atoms with E-state index in [4.69, 9.17) is 19.3 Å². The van der Waals surface area contributed by atoms with Crippen LogP contribution in [0.25, 0.3) is 0 Å². The number of carboxylic acid groups (broad SMARTS) is 1. The molecule has 5 rings (SSSR count). The van der Waals surface area contributed by atoms with Gasteiger partial charge in [-0.1, -0.05) is 47.9 Å². The fourth-order valence-corrected chi connectivity index (χ4v) is 11.4. The van der Waals surface area contributed by atoms with Crippen LogP contribution in [0.3, 0.4) is 0 Å². The molecule has 0 aromatic carbocycles. The number of aliphatic hydroxyl groups is 1. The Morgan fingerprint density at radius 2 is 1.94 bits per heavy atom. The highest BCUT2D eigenvalue weighted by Gasteiger charge is 2.80. The van der Waals surface area contributed by atoms with Crippen molar-refractivity contribution in [2.75, 3.05) is 18.9 Å². The van der Waals surface area contributed by atoms with Crippen LogP contribution >= 0.6 is 21.6 Å². The summed E-state index contributed by atoms with van der Waals surface area (Å²) in [6.45, 7) is 8.43. The van der Waals surface area contributed by atoms with E-state index in [1.807, 2.05) is 20.8 Å². The number of fused-ring (bicyclic) bond motifs is 7. The molecule has 1 saturated heterocycles. The second-order valence-electron chi connectivity index (χ2n) is 14.5. The van der Waals surface area contributed by atoms with Gasteiger partial charge in [-0.3, -0.25) is 14.4 Å². The van der Waals surface area contributed by atoms with Crippen molar-refractivity contribution in [3.8, 4) is 0 Å². The summed E-state index contributed by atoms with van der Waals surface area (Å²) in [4.78, 5) is 49.9. The Kier molecular flexibility index (Phi) is 10.1. The summed E-state index contributed by atoms with van der Waals surface area (Å²) in [7, 11) is 2.81. The zero-order chi connectivity index (χ0) is 34.6. The van der Waals surface area contributed by atoms with Crippen LogP contribution in [0.15, 0.2) is 23.8 Å². The first-order valence-corrected chi connectivity index (χ1v) is 18.5. The summed E-state index contributed by atoms with van der Waals surface area (Å²) in [6.07, 6.45) is -0.971. The highest BCUT2D eigenvalue weighted by Crippen LogP contribution is 2.72. The predicted octanol–water partition coefficient (Wildman–Crippen LogP) is 5.13. The SMILES string of the molecule is CCCC1OC2CC3[C@@H]4C[C@H](F)C5=CC(=O)C=C[C@]5(C)[C@@]4(F)[C@@H](O)C[C@]3(C)[C@]2(C(=O)COC(=O)NCCSSC(C)(C)CC(=O)O)O1. The minimum atomic E-state index is -2.32. The van der Waals surface area contributed by atoms with Crippen LogP contribution in [-0.4, -0.2) is 93.4 Å². The molecular formula is C33H45F2NO9S2. The number of ketones is 2. The van der Waals surface area contributed by atoms with Gasteiger partial charge in [-0.05, 0) is 70.1 Å². The monoisotopic (exact) mass is 701 g/mol. The van der Waals surface area contributed by atoms with E-state index < -0.39 is 93.6 Å². The van der Waals surface area contributed by atoms with Crippen molar-refractivity contribution in [2.24, 2.45) is 22.7 Å². The Morgan fingerprint density at radius 1 is 1.21 bits per heavy atom. The van der Waals surface area contributed by atoms with Crippen LogP contribution in [0.5, 0.6) is 0 Å². The average molecular weight is 702 g/mol. The van der Waals surface area contributed by atoms with Gasteiger partial charge in [0.05, 0.1) is 18.6 Å². The van der Waals surface area contributed by atoms with Crippen molar-refractivity contribution in [1.29, 1.82) is 0 Å². The van der Waals surface area contributed by atoms with Crippen molar-refractivity contribution in [2.45, 2.75) is 114 Å². The topological polar surface area (TPSA) is 148 Å². The number of alkyl halides is 2. The number of allylic oxidation sites excluding steroid dienone is 4. The molecular weight excluding hydrogens is 656 g/mol. The lowest BCUT2D eigenvalue weighted by molar-refractivity contribution is -0.234. The number of aliphatic hydroxyl groups excluding tert-OH is 1. The van der Waals surface area contributed by atoms with E-state index in [-0.39, 0.29) is 37.8 Å². The molecule has 10 nitrogen and oxygen atoms in total. The second kappa shape index (κ2) is 13.0. The third-order valence-corrected chi connectivity index (χ3v) is 14.3.